The van der Waals surface area contributed by atoms with Gasteiger partial charge >= 0.3 is 0 Å². The quantitative estimate of drug-likeness (QED) is 0.329. The van der Waals surface area contributed by atoms with Gasteiger partial charge in [0.15, 0.2) is 5.84 Å². The third-order valence-corrected chi connectivity index (χ3v) is 4.04. The SMILES string of the molecule is COc1cc(CNC(C)c2nccs2)ccc1/C(N)=N/O. The zero-order valence-electron chi connectivity index (χ0n) is 11.9. The number of thiazole rings is 1. The Morgan fingerprint density at radius 3 is 3.00 bits per heavy atom. The van der Waals surface area contributed by atoms with Gasteiger partial charge < -0.3 is 21.0 Å². The molecule has 0 fully saturated rings. The van der Waals surface area contributed by atoms with Gasteiger partial charge in [0.05, 0.1) is 18.7 Å². The highest BCUT2D eigenvalue weighted by Crippen LogP contribution is 2.21. The normalized spacial score (nSPS) is 13.1. The van der Waals surface area contributed by atoms with Crippen molar-refractivity contribution in [3.8, 4) is 5.75 Å². The van der Waals surface area contributed by atoms with Gasteiger partial charge in [0.1, 0.15) is 10.8 Å². The lowest BCUT2D eigenvalue weighted by Crippen LogP contribution is -2.18. The monoisotopic (exact) mass is 306 g/mol. The molecule has 2 aromatic rings. The molecule has 0 saturated heterocycles. The first-order valence-electron chi connectivity index (χ1n) is 6.43. The summed E-state index contributed by atoms with van der Waals surface area (Å²) in [6, 6.07) is 5.74. The molecule has 7 heteroatoms. The Labute approximate surface area is 127 Å². The maximum absolute atomic E-state index is 8.75. The number of amidine groups is 1. The van der Waals surface area contributed by atoms with Gasteiger partial charge in [-0.05, 0) is 24.6 Å². The first kappa shape index (κ1) is 15.3. The molecular formula is C14H18N4O2S. The smallest absolute Gasteiger partial charge is 0.173 e. The van der Waals surface area contributed by atoms with Gasteiger partial charge in [-0.15, -0.1) is 11.3 Å². The Bertz CT molecular complexity index is 613. The molecule has 0 bridgehead atoms. The number of hydrogen-bond donors (Lipinski definition) is 3. The molecule has 0 aliphatic rings. The molecule has 0 radical (unpaired) electrons. The summed E-state index contributed by atoms with van der Waals surface area (Å²) in [5, 5.41) is 18.2. The van der Waals surface area contributed by atoms with E-state index in [0.29, 0.717) is 17.9 Å². The molecule has 1 unspecified atom stereocenters. The van der Waals surface area contributed by atoms with E-state index in [1.54, 1.807) is 30.7 Å². The van der Waals surface area contributed by atoms with Crippen molar-refractivity contribution < 1.29 is 9.94 Å². The predicted molar refractivity (Wildman–Crippen MR) is 82.9 cm³/mol. The van der Waals surface area contributed by atoms with E-state index in [1.165, 1.54) is 0 Å². The second kappa shape index (κ2) is 7.05. The highest BCUT2D eigenvalue weighted by Gasteiger charge is 2.11. The van der Waals surface area contributed by atoms with Crippen LogP contribution in [-0.4, -0.2) is 23.1 Å². The van der Waals surface area contributed by atoms with E-state index < -0.39 is 0 Å². The molecule has 2 rings (SSSR count). The van der Waals surface area contributed by atoms with Crippen LogP contribution in [-0.2, 0) is 6.54 Å². The van der Waals surface area contributed by atoms with Gasteiger partial charge in [-0.1, -0.05) is 11.2 Å². The van der Waals surface area contributed by atoms with Crippen molar-refractivity contribution in [3.05, 3.63) is 45.9 Å². The van der Waals surface area contributed by atoms with Crippen molar-refractivity contribution in [2.45, 2.75) is 19.5 Å². The molecule has 1 atom stereocenters. The second-order valence-corrected chi connectivity index (χ2v) is 5.42. The number of oxime groups is 1. The van der Waals surface area contributed by atoms with Gasteiger partial charge in [-0.3, -0.25) is 0 Å². The Balaban J connectivity index is 2.07. The minimum atomic E-state index is 0.0301. The standard InChI is InChI=1S/C14H18N4O2S/c1-9(14-16-5-6-21-14)17-8-10-3-4-11(13(15)18-19)12(7-10)20-2/h3-7,9,17,19H,8H2,1-2H3,(H2,15,18). The number of benzene rings is 1. The van der Waals surface area contributed by atoms with Crippen molar-refractivity contribution in [1.82, 2.24) is 10.3 Å². The number of nitrogens with zero attached hydrogens (tertiary/aromatic N) is 2. The molecule has 21 heavy (non-hydrogen) atoms. The summed E-state index contributed by atoms with van der Waals surface area (Å²) in [6.45, 7) is 2.74. The lowest BCUT2D eigenvalue weighted by molar-refractivity contribution is 0.318. The fourth-order valence-corrected chi connectivity index (χ4v) is 2.59. The van der Waals surface area contributed by atoms with Crippen LogP contribution in [0.4, 0.5) is 0 Å². The second-order valence-electron chi connectivity index (χ2n) is 4.49. The van der Waals surface area contributed by atoms with Crippen LogP contribution < -0.4 is 15.8 Å². The lowest BCUT2D eigenvalue weighted by Gasteiger charge is -2.13. The van der Waals surface area contributed by atoms with E-state index in [-0.39, 0.29) is 11.9 Å². The Hall–Kier alpha value is -2.12. The van der Waals surface area contributed by atoms with Crippen LogP contribution in [0.25, 0.3) is 0 Å². The maximum Gasteiger partial charge on any atom is 0.173 e. The number of hydrogen-bond acceptors (Lipinski definition) is 6. The minimum Gasteiger partial charge on any atom is -0.496 e. The van der Waals surface area contributed by atoms with E-state index >= 15 is 0 Å². The van der Waals surface area contributed by atoms with Gasteiger partial charge in [0, 0.05) is 18.1 Å². The third-order valence-electron chi connectivity index (χ3n) is 3.08. The van der Waals surface area contributed by atoms with Gasteiger partial charge in [0.25, 0.3) is 0 Å². The molecule has 4 N–H and O–H groups in total. The number of nitrogens with one attached hydrogen (secondary N) is 1. The van der Waals surface area contributed by atoms with Gasteiger partial charge in [0.2, 0.25) is 0 Å². The fraction of sp³-hybridized carbons (Fsp3) is 0.286. The summed E-state index contributed by atoms with van der Waals surface area (Å²) in [5.74, 6) is 0.606. The summed E-state index contributed by atoms with van der Waals surface area (Å²) in [5.41, 5.74) is 7.22. The summed E-state index contributed by atoms with van der Waals surface area (Å²) in [6.07, 6.45) is 1.80. The van der Waals surface area contributed by atoms with E-state index in [1.807, 2.05) is 17.5 Å². The molecule has 0 saturated carbocycles. The minimum absolute atomic E-state index is 0.0301. The molecular weight excluding hydrogens is 288 g/mol. The average Bonchev–Trinajstić information content (AvgIpc) is 3.06. The number of ether oxygens (including phenoxy) is 1. The molecule has 112 valence electrons. The van der Waals surface area contributed by atoms with Gasteiger partial charge in [-0.2, -0.15) is 0 Å². The van der Waals surface area contributed by atoms with Crippen molar-refractivity contribution in [2.75, 3.05) is 7.11 Å². The molecule has 1 heterocycles. The molecule has 1 aromatic carbocycles. The summed E-state index contributed by atoms with van der Waals surface area (Å²) in [7, 11) is 1.55. The van der Waals surface area contributed by atoms with Gasteiger partial charge in [-0.25, -0.2) is 4.98 Å². The Morgan fingerprint density at radius 2 is 2.38 bits per heavy atom. The third kappa shape index (κ3) is 3.71. The van der Waals surface area contributed by atoms with Crippen molar-refractivity contribution in [2.24, 2.45) is 10.9 Å². The van der Waals surface area contributed by atoms with Crippen molar-refractivity contribution in [1.29, 1.82) is 0 Å². The van der Waals surface area contributed by atoms with Crippen LogP contribution in [0.5, 0.6) is 5.75 Å². The lowest BCUT2D eigenvalue weighted by atomic mass is 10.1. The topological polar surface area (TPSA) is 92.8 Å². The molecule has 6 nitrogen and oxygen atoms in total. The molecule has 0 spiro atoms. The highest BCUT2D eigenvalue weighted by atomic mass is 32.1. The molecule has 0 aliphatic heterocycles. The zero-order chi connectivity index (χ0) is 15.2. The highest BCUT2D eigenvalue weighted by molar-refractivity contribution is 7.09. The van der Waals surface area contributed by atoms with Crippen molar-refractivity contribution in [3.63, 3.8) is 0 Å². The van der Waals surface area contributed by atoms with Crippen LogP contribution in [0.2, 0.25) is 0 Å². The molecule has 0 amide bonds. The summed E-state index contributed by atoms with van der Waals surface area (Å²) in [4.78, 5) is 4.28. The maximum atomic E-state index is 8.75. The van der Waals surface area contributed by atoms with Crippen LogP contribution >= 0.6 is 11.3 Å². The predicted octanol–water partition coefficient (Wildman–Crippen LogP) is 2.10. The number of aromatic nitrogens is 1. The average molecular weight is 306 g/mol. The van der Waals surface area contributed by atoms with E-state index in [4.69, 9.17) is 15.7 Å². The Kier molecular flexibility index (Phi) is 5.13. The zero-order valence-corrected chi connectivity index (χ0v) is 12.7. The Morgan fingerprint density at radius 1 is 1.57 bits per heavy atom. The van der Waals surface area contributed by atoms with Crippen LogP contribution in [0, 0.1) is 0 Å². The van der Waals surface area contributed by atoms with E-state index in [0.717, 1.165) is 10.6 Å². The first-order valence-corrected chi connectivity index (χ1v) is 7.31. The van der Waals surface area contributed by atoms with Crippen LogP contribution in [0.1, 0.15) is 29.1 Å². The number of rotatable bonds is 6. The van der Waals surface area contributed by atoms with Crippen LogP contribution in [0.15, 0.2) is 34.9 Å². The first-order chi connectivity index (χ1) is 10.2. The van der Waals surface area contributed by atoms with E-state index in [2.05, 4.69) is 22.4 Å². The fourth-order valence-electron chi connectivity index (χ4n) is 1.92. The summed E-state index contributed by atoms with van der Waals surface area (Å²) < 4.78 is 5.28. The summed E-state index contributed by atoms with van der Waals surface area (Å²) >= 11 is 1.62. The van der Waals surface area contributed by atoms with Crippen molar-refractivity contribution >= 4 is 17.2 Å². The molecule has 0 aliphatic carbocycles. The molecule has 1 aromatic heterocycles. The number of nitrogens with two attached hydrogens (primary N) is 1. The van der Waals surface area contributed by atoms with E-state index in [9.17, 15) is 0 Å². The largest absolute Gasteiger partial charge is 0.496 e. The number of methoxy groups -OCH3 is 1. The van der Waals surface area contributed by atoms with Crippen LogP contribution in [0.3, 0.4) is 0 Å².